The Morgan fingerprint density at radius 1 is 1.16 bits per heavy atom. The standard InChI is InChI=1S/C21H28N2O2/c1-16(2)15-24-21-19(11-7-13-23-21)25-20(17-8-4-3-5-9-17)18-10-6-12-22-14-18/h3-5,7-9,11,13,16,18,20,22H,6,10,12,14-15H2,1-2H3/t18-,20-/m0/s1. The van der Waals surface area contributed by atoms with Gasteiger partial charge >= 0.3 is 0 Å². The molecule has 1 aliphatic heterocycles. The Kier molecular flexibility index (Phi) is 6.29. The van der Waals surface area contributed by atoms with Gasteiger partial charge in [0.2, 0.25) is 0 Å². The van der Waals surface area contributed by atoms with Crippen LogP contribution in [0.25, 0.3) is 0 Å². The van der Waals surface area contributed by atoms with E-state index in [9.17, 15) is 0 Å². The molecule has 0 saturated carbocycles. The van der Waals surface area contributed by atoms with E-state index in [2.05, 4.69) is 48.4 Å². The molecule has 4 nitrogen and oxygen atoms in total. The normalized spacial score (nSPS) is 18.8. The van der Waals surface area contributed by atoms with Crippen molar-refractivity contribution in [2.24, 2.45) is 11.8 Å². The van der Waals surface area contributed by atoms with Gasteiger partial charge in [-0.25, -0.2) is 4.98 Å². The van der Waals surface area contributed by atoms with E-state index >= 15 is 0 Å². The zero-order valence-corrected chi connectivity index (χ0v) is 15.2. The summed E-state index contributed by atoms with van der Waals surface area (Å²) in [7, 11) is 0. The minimum absolute atomic E-state index is 0.000370. The van der Waals surface area contributed by atoms with Gasteiger partial charge in [-0.05, 0) is 43.0 Å². The topological polar surface area (TPSA) is 43.4 Å². The first-order chi connectivity index (χ1) is 12.2. The maximum Gasteiger partial charge on any atom is 0.257 e. The molecule has 1 aliphatic rings. The van der Waals surface area contributed by atoms with E-state index in [1.54, 1.807) is 6.20 Å². The van der Waals surface area contributed by atoms with E-state index in [1.807, 2.05) is 18.2 Å². The Morgan fingerprint density at radius 3 is 2.72 bits per heavy atom. The lowest BCUT2D eigenvalue weighted by Crippen LogP contribution is -2.35. The fraction of sp³-hybridized carbons (Fsp3) is 0.476. The summed E-state index contributed by atoms with van der Waals surface area (Å²) < 4.78 is 12.3. The molecular weight excluding hydrogens is 312 g/mol. The van der Waals surface area contributed by atoms with Crippen molar-refractivity contribution in [2.45, 2.75) is 32.8 Å². The van der Waals surface area contributed by atoms with Crippen molar-refractivity contribution in [2.75, 3.05) is 19.7 Å². The van der Waals surface area contributed by atoms with E-state index in [0.717, 1.165) is 25.3 Å². The summed E-state index contributed by atoms with van der Waals surface area (Å²) in [5.41, 5.74) is 1.20. The first-order valence-electron chi connectivity index (χ1n) is 9.24. The average molecular weight is 340 g/mol. The van der Waals surface area contributed by atoms with Gasteiger partial charge in [0.25, 0.3) is 5.88 Å². The molecule has 3 rings (SSSR count). The quantitative estimate of drug-likeness (QED) is 0.819. The number of ether oxygens (including phenoxy) is 2. The number of hydrogen-bond donors (Lipinski definition) is 1. The number of hydrogen-bond acceptors (Lipinski definition) is 4. The summed E-state index contributed by atoms with van der Waals surface area (Å²) >= 11 is 0. The smallest absolute Gasteiger partial charge is 0.257 e. The minimum atomic E-state index is -0.000370. The molecule has 134 valence electrons. The molecule has 1 saturated heterocycles. The molecule has 0 bridgehead atoms. The zero-order valence-electron chi connectivity index (χ0n) is 15.2. The minimum Gasteiger partial charge on any atom is -0.480 e. The number of piperidine rings is 1. The van der Waals surface area contributed by atoms with Crippen molar-refractivity contribution in [3.8, 4) is 11.6 Å². The number of pyridine rings is 1. The van der Waals surface area contributed by atoms with Crippen molar-refractivity contribution in [3.63, 3.8) is 0 Å². The van der Waals surface area contributed by atoms with E-state index in [0.29, 0.717) is 24.3 Å². The summed E-state index contributed by atoms with van der Waals surface area (Å²) in [5.74, 6) is 2.19. The van der Waals surface area contributed by atoms with Crippen molar-refractivity contribution in [1.29, 1.82) is 0 Å². The van der Waals surface area contributed by atoms with Gasteiger partial charge in [-0.1, -0.05) is 44.2 Å². The van der Waals surface area contributed by atoms with Crippen LogP contribution in [0.5, 0.6) is 11.6 Å². The van der Waals surface area contributed by atoms with Gasteiger partial charge in [0.05, 0.1) is 6.61 Å². The van der Waals surface area contributed by atoms with Crippen LogP contribution in [-0.2, 0) is 0 Å². The van der Waals surface area contributed by atoms with Crippen molar-refractivity contribution >= 4 is 0 Å². The molecule has 0 radical (unpaired) electrons. The van der Waals surface area contributed by atoms with Crippen LogP contribution in [-0.4, -0.2) is 24.7 Å². The van der Waals surface area contributed by atoms with Gasteiger partial charge in [0, 0.05) is 18.7 Å². The molecule has 0 aliphatic carbocycles. The summed E-state index contributed by atoms with van der Waals surface area (Å²) in [6.45, 7) is 6.96. The highest BCUT2D eigenvalue weighted by Gasteiger charge is 2.27. The monoisotopic (exact) mass is 340 g/mol. The van der Waals surface area contributed by atoms with Crippen LogP contribution in [0.15, 0.2) is 48.7 Å². The molecule has 0 spiro atoms. The molecule has 25 heavy (non-hydrogen) atoms. The predicted molar refractivity (Wildman–Crippen MR) is 100.0 cm³/mol. The van der Waals surface area contributed by atoms with Gasteiger partial charge in [0.1, 0.15) is 6.10 Å². The molecular formula is C21H28N2O2. The second kappa shape index (κ2) is 8.86. The third-order valence-electron chi connectivity index (χ3n) is 4.43. The highest BCUT2D eigenvalue weighted by Crippen LogP contribution is 2.35. The molecule has 1 N–H and O–H groups in total. The zero-order chi connectivity index (χ0) is 17.5. The summed E-state index contributed by atoms with van der Waals surface area (Å²) in [6.07, 6.45) is 4.10. The van der Waals surface area contributed by atoms with Gasteiger partial charge in [-0.15, -0.1) is 0 Å². The van der Waals surface area contributed by atoms with Crippen LogP contribution in [0.3, 0.4) is 0 Å². The Balaban J connectivity index is 1.83. The first-order valence-corrected chi connectivity index (χ1v) is 9.24. The Bertz CT molecular complexity index is 639. The lowest BCUT2D eigenvalue weighted by atomic mass is 9.89. The first kappa shape index (κ1) is 17.7. The molecule has 0 unspecified atom stereocenters. The number of rotatable bonds is 7. The second-order valence-electron chi connectivity index (χ2n) is 7.07. The van der Waals surface area contributed by atoms with E-state index in [4.69, 9.17) is 9.47 Å². The van der Waals surface area contributed by atoms with Crippen LogP contribution >= 0.6 is 0 Å². The SMILES string of the molecule is CC(C)COc1ncccc1O[C@@H](c1ccccc1)[C@H]1CCCNC1. The largest absolute Gasteiger partial charge is 0.480 e. The number of aromatic nitrogens is 1. The summed E-state index contributed by atoms with van der Waals surface area (Å²) in [5, 5.41) is 3.50. The number of nitrogens with zero attached hydrogens (tertiary/aromatic N) is 1. The maximum atomic E-state index is 6.48. The lowest BCUT2D eigenvalue weighted by molar-refractivity contribution is 0.108. The third kappa shape index (κ3) is 4.95. The fourth-order valence-corrected chi connectivity index (χ4v) is 3.17. The van der Waals surface area contributed by atoms with Crippen molar-refractivity contribution in [3.05, 3.63) is 54.2 Å². The van der Waals surface area contributed by atoms with Gasteiger partial charge in [-0.3, -0.25) is 0 Å². The second-order valence-corrected chi connectivity index (χ2v) is 7.07. The predicted octanol–water partition coefficient (Wildman–Crippen LogP) is 4.24. The molecule has 4 heteroatoms. The van der Waals surface area contributed by atoms with Gasteiger partial charge in [-0.2, -0.15) is 0 Å². The van der Waals surface area contributed by atoms with Crippen LogP contribution < -0.4 is 14.8 Å². The third-order valence-corrected chi connectivity index (χ3v) is 4.43. The molecule has 2 heterocycles. The van der Waals surface area contributed by atoms with E-state index in [-0.39, 0.29) is 6.10 Å². The van der Waals surface area contributed by atoms with E-state index < -0.39 is 0 Å². The molecule has 1 aromatic heterocycles. The maximum absolute atomic E-state index is 6.48. The Morgan fingerprint density at radius 2 is 2.00 bits per heavy atom. The average Bonchev–Trinajstić information content (AvgIpc) is 2.66. The van der Waals surface area contributed by atoms with Crippen LogP contribution in [0.2, 0.25) is 0 Å². The van der Waals surface area contributed by atoms with Crippen LogP contribution in [0.1, 0.15) is 38.4 Å². The fourth-order valence-electron chi connectivity index (χ4n) is 3.17. The number of benzene rings is 1. The Hall–Kier alpha value is -2.07. The van der Waals surface area contributed by atoms with Gasteiger partial charge in [0.15, 0.2) is 5.75 Å². The van der Waals surface area contributed by atoms with Crippen molar-refractivity contribution < 1.29 is 9.47 Å². The van der Waals surface area contributed by atoms with Crippen LogP contribution in [0, 0.1) is 11.8 Å². The summed E-state index contributed by atoms with van der Waals surface area (Å²) in [6, 6.07) is 14.3. The molecule has 0 amide bonds. The van der Waals surface area contributed by atoms with Gasteiger partial charge < -0.3 is 14.8 Å². The Labute approximate surface area is 150 Å². The van der Waals surface area contributed by atoms with E-state index in [1.165, 1.54) is 12.0 Å². The number of nitrogens with one attached hydrogen (secondary N) is 1. The molecule has 1 aromatic carbocycles. The highest BCUT2D eigenvalue weighted by molar-refractivity contribution is 5.34. The highest BCUT2D eigenvalue weighted by atomic mass is 16.5. The lowest BCUT2D eigenvalue weighted by Gasteiger charge is -2.31. The molecule has 2 aromatic rings. The summed E-state index contributed by atoms with van der Waals surface area (Å²) in [4.78, 5) is 4.38. The van der Waals surface area contributed by atoms with Crippen molar-refractivity contribution in [1.82, 2.24) is 10.3 Å². The molecule has 2 atom stereocenters. The molecule has 1 fully saturated rings. The van der Waals surface area contributed by atoms with Crippen LogP contribution in [0.4, 0.5) is 0 Å².